The van der Waals surface area contributed by atoms with Crippen LogP contribution in [0.4, 0.5) is 0 Å². The molecule has 5 heteroatoms. The van der Waals surface area contributed by atoms with E-state index in [9.17, 15) is 4.79 Å². The maximum Gasteiger partial charge on any atom is 0.258 e. The van der Waals surface area contributed by atoms with Crippen LogP contribution in [0.3, 0.4) is 0 Å². The van der Waals surface area contributed by atoms with Crippen molar-refractivity contribution in [1.29, 1.82) is 0 Å². The number of aliphatic hydroxyl groups excluding tert-OH is 1. The maximum atomic E-state index is 11.9. The van der Waals surface area contributed by atoms with Crippen LogP contribution in [-0.4, -0.2) is 35.6 Å². The van der Waals surface area contributed by atoms with Crippen molar-refractivity contribution in [3.05, 3.63) is 23.1 Å². The minimum absolute atomic E-state index is 0.0723. The number of hydrogen-bond acceptors (Lipinski definition) is 3. The first kappa shape index (κ1) is 12.1. The van der Waals surface area contributed by atoms with E-state index >= 15 is 0 Å². The first-order chi connectivity index (χ1) is 7.20. The van der Waals surface area contributed by atoms with E-state index in [-0.39, 0.29) is 17.7 Å². The van der Waals surface area contributed by atoms with Gasteiger partial charge in [0.25, 0.3) is 5.91 Å². The Labute approximate surface area is 93.4 Å². The molecule has 0 fully saturated rings. The summed E-state index contributed by atoms with van der Waals surface area (Å²) in [6.45, 7) is 3.06. The van der Waals surface area contributed by atoms with E-state index in [0.717, 1.165) is 0 Å². The second-order valence-electron chi connectivity index (χ2n) is 3.07. The molecule has 0 radical (unpaired) electrons. The van der Waals surface area contributed by atoms with Crippen LogP contribution in [-0.2, 0) is 0 Å². The third kappa shape index (κ3) is 2.97. The van der Waals surface area contributed by atoms with Gasteiger partial charge in [0.1, 0.15) is 0 Å². The molecular weight excluding hydrogens is 218 g/mol. The van der Waals surface area contributed by atoms with Crippen LogP contribution >= 0.6 is 11.6 Å². The fourth-order valence-electron chi connectivity index (χ4n) is 1.28. The van der Waals surface area contributed by atoms with Crippen molar-refractivity contribution in [3.8, 4) is 0 Å². The van der Waals surface area contributed by atoms with E-state index in [1.54, 1.807) is 11.0 Å². The SMILES string of the molecule is CCN(CCCO)C(=O)c1ccoc1Cl. The molecule has 4 nitrogen and oxygen atoms in total. The second kappa shape index (κ2) is 5.78. The summed E-state index contributed by atoms with van der Waals surface area (Å²) in [7, 11) is 0. The summed E-state index contributed by atoms with van der Waals surface area (Å²) in [5.41, 5.74) is 0.372. The van der Waals surface area contributed by atoms with Crippen LogP contribution in [0.15, 0.2) is 16.7 Å². The molecule has 1 N–H and O–H groups in total. The van der Waals surface area contributed by atoms with Crippen molar-refractivity contribution < 1.29 is 14.3 Å². The highest BCUT2D eigenvalue weighted by atomic mass is 35.5. The van der Waals surface area contributed by atoms with E-state index in [2.05, 4.69) is 0 Å². The Morgan fingerprint density at radius 1 is 1.67 bits per heavy atom. The predicted molar refractivity (Wildman–Crippen MR) is 57.0 cm³/mol. The number of hydrogen-bond donors (Lipinski definition) is 1. The number of carbonyl (C=O) groups excluding carboxylic acids is 1. The average Bonchev–Trinajstić information content (AvgIpc) is 2.65. The smallest absolute Gasteiger partial charge is 0.258 e. The zero-order chi connectivity index (χ0) is 11.3. The standard InChI is InChI=1S/C10H14ClNO3/c1-2-12(5-3-6-13)10(14)8-4-7-15-9(8)11/h4,7,13H,2-3,5-6H2,1H3. The third-order valence-corrected chi connectivity index (χ3v) is 2.40. The fourth-order valence-corrected chi connectivity index (χ4v) is 1.48. The lowest BCUT2D eigenvalue weighted by Crippen LogP contribution is -2.32. The Morgan fingerprint density at radius 3 is 2.87 bits per heavy atom. The molecule has 0 saturated carbocycles. The Bertz CT molecular complexity index is 324. The number of amides is 1. The van der Waals surface area contributed by atoms with Crippen molar-refractivity contribution >= 4 is 17.5 Å². The lowest BCUT2D eigenvalue weighted by molar-refractivity contribution is 0.0754. The zero-order valence-electron chi connectivity index (χ0n) is 8.57. The van der Waals surface area contributed by atoms with E-state index in [4.69, 9.17) is 21.1 Å². The topological polar surface area (TPSA) is 53.7 Å². The first-order valence-corrected chi connectivity index (χ1v) is 5.21. The van der Waals surface area contributed by atoms with Gasteiger partial charge in [-0.05, 0) is 31.0 Å². The summed E-state index contributed by atoms with van der Waals surface area (Å²) in [5.74, 6) is -0.162. The minimum atomic E-state index is -0.162. The molecule has 1 amide bonds. The molecule has 84 valence electrons. The summed E-state index contributed by atoms with van der Waals surface area (Å²) >= 11 is 5.71. The fraction of sp³-hybridized carbons (Fsp3) is 0.500. The van der Waals surface area contributed by atoms with E-state index in [1.165, 1.54) is 6.26 Å². The van der Waals surface area contributed by atoms with Gasteiger partial charge in [0.15, 0.2) is 0 Å². The van der Waals surface area contributed by atoms with Gasteiger partial charge in [-0.1, -0.05) is 0 Å². The Hall–Kier alpha value is -1.00. The lowest BCUT2D eigenvalue weighted by atomic mass is 10.2. The van der Waals surface area contributed by atoms with Gasteiger partial charge in [0.2, 0.25) is 5.22 Å². The van der Waals surface area contributed by atoms with Crippen molar-refractivity contribution in [3.63, 3.8) is 0 Å². The van der Waals surface area contributed by atoms with E-state index < -0.39 is 0 Å². The average molecular weight is 232 g/mol. The Morgan fingerprint density at radius 2 is 2.40 bits per heavy atom. The number of rotatable bonds is 5. The molecule has 1 aromatic heterocycles. The molecule has 0 unspecified atom stereocenters. The quantitative estimate of drug-likeness (QED) is 0.841. The highest BCUT2D eigenvalue weighted by molar-refractivity contribution is 6.32. The molecule has 0 atom stereocenters. The molecule has 0 saturated heterocycles. The predicted octanol–water partition coefficient (Wildman–Crippen LogP) is 1.78. The van der Waals surface area contributed by atoms with Crippen LogP contribution in [0.5, 0.6) is 0 Å². The largest absolute Gasteiger partial charge is 0.452 e. The number of carbonyl (C=O) groups is 1. The van der Waals surface area contributed by atoms with Crippen molar-refractivity contribution in [2.24, 2.45) is 0 Å². The molecule has 0 aromatic carbocycles. The molecule has 0 aliphatic heterocycles. The summed E-state index contributed by atoms with van der Waals surface area (Å²) < 4.78 is 4.85. The van der Waals surface area contributed by atoms with Crippen LogP contribution in [0, 0.1) is 0 Å². The van der Waals surface area contributed by atoms with Gasteiger partial charge in [-0.3, -0.25) is 4.79 Å². The lowest BCUT2D eigenvalue weighted by Gasteiger charge is -2.19. The van der Waals surface area contributed by atoms with Crippen LogP contribution < -0.4 is 0 Å². The van der Waals surface area contributed by atoms with Crippen molar-refractivity contribution in [2.75, 3.05) is 19.7 Å². The van der Waals surface area contributed by atoms with Crippen LogP contribution in [0.2, 0.25) is 5.22 Å². The van der Waals surface area contributed by atoms with Gasteiger partial charge in [0, 0.05) is 19.7 Å². The normalized spacial score (nSPS) is 10.3. The Balaban J connectivity index is 2.69. The van der Waals surface area contributed by atoms with E-state index in [1.807, 2.05) is 6.92 Å². The monoisotopic (exact) mass is 231 g/mol. The molecule has 15 heavy (non-hydrogen) atoms. The number of aliphatic hydroxyl groups is 1. The van der Waals surface area contributed by atoms with Gasteiger partial charge in [-0.2, -0.15) is 0 Å². The maximum absolute atomic E-state index is 11.9. The highest BCUT2D eigenvalue weighted by Gasteiger charge is 2.18. The second-order valence-corrected chi connectivity index (χ2v) is 3.41. The summed E-state index contributed by atoms with van der Waals surface area (Å²) in [6, 6.07) is 1.55. The summed E-state index contributed by atoms with van der Waals surface area (Å²) in [4.78, 5) is 13.5. The molecular formula is C10H14ClNO3. The number of furan rings is 1. The molecule has 0 aliphatic rings. The number of nitrogens with zero attached hydrogens (tertiary/aromatic N) is 1. The molecule has 0 bridgehead atoms. The van der Waals surface area contributed by atoms with Gasteiger partial charge in [-0.25, -0.2) is 0 Å². The van der Waals surface area contributed by atoms with Gasteiger partial charge >= 0.3 is 0 Å². The molecule has 1 aromatic rings. The first-order valence-electron chi connectivity index (χ1n) is 4.83. The number of halogens is 1. The Kier molecular flexibility index (Phi) is 4.65. The summed E-state index contributed by atoms with van der Waals surface area (Å²) in [5, 5.41) is 8.81. The third-order valence-electron chi connectivity index (χ3n) is 2.10. The summed E-state index contributed by atoms with van der Waals surface area (Å²) in [6.07, 6.45) is 1.95. The molecule has 1 rings (SSSR count). The molecule has 1 heterocycles. The zero-order valence-corrected chi connectivity index (χ0v) is 9.33. The minimum Gasteiger partial charge on any atom is -0.452 e. The van der Waals surface area contributed by atoms with Crippen LogP contribution in [0.25, 0.3) is 0 Å². The van der Waals surface area contributed by atoms with Gasteiger partial charge in [-0.15, -0.1) is 0 Å². The van der Waals surface area contributed by atoms with Crippen molar-refractivity contribution in [2.45, 2.75) is 13.3 Å². The van der Waals surface area contributed by atoms with E-state index in [0.29, 0.717) is 25.1 Å². The molecule has 0 aliphatic carbocycles. The highest BCUT2D eigenvalue weighted by Crippen LogP contribution is 2.18. The van der Waals surface area contributed by atoms with Crippen LogP contribution in [0.1, 0.15) is 23.7 Å². The van der Waals surface area contributed by atoms with Gasteiger partial charge < -0.3 is 14.4 Å². The van der Waals surface area contributed by atoms with Gasteiger partial charge in [0.05, 0.1) is 11.8 Å². The molecule has 0 spiro atoms. The van der Waals surface area contributed by atoms with Crippen molar-refractivity contribution in [1.82, 2.24) is 4.90 Å².